The van der Waals surface area contributed by atoms with Gasteiger partial charge in [0.15, 0.2) is 0 Å². The van der Waals surface area contributed by atoms with Crippen LogP contribution < -0.4 is 10.6 Å². The average Bonchev–Trinajstić information content (AvgIpc) is 2.65. The molecule has 1 heterocycles. The summed E-state index contributed by atoms with van der Waals surface area (Å²) < 4.78 is 0. The van der Waals surface area contributed by atoms with Gasteiger partial charge in [0.1, 0.15) is 0 Å². The molecule has 3 rings (SSSR count). The molecule has 0 radical (unpaired) electrons. The van der Waals surface area contributed by atoms with Crippen molar-refractivity contribution in [1.82, 2.24) is 4.98 Å². The molecular formula is C20H16ClN3O2. The number of carbonyl (C=O) groups excluding carboxylic acids is 2. The van der Waals surface area contributed by atoms with E-state index in [1.807, 2.05) is 13.0 Å². The van der Waals surface area contributed by atoms with E-state index in [9.17, 15) is 9.59 Å². The summed E-state index contributed by atoms with van der Waals surface area (Å²) in [5.74, 6) is -0.575. The molecule has 0 atom stereocenters. The van der Waals surface area contributed by atoms with Crippen LogP contribution in [-0.4, -0.2) is 16.8 Å². The molecule has 0 spiro atoms. The summed E-state index contributed by atoms with van der Waals surface area (Å²) >= 11 is 5.98. The summed E-state index contributed by atoms with van der Waals surface area (Å²) in [6.45, 7) is 1.89. The van der Waals surface area contributed by atoms with Gasteiger partial charge in [0.25, 0.3) is 11.8 Å². The fourth-order valence-electron chi connectivity index (χ4n) is 2.36. The van der Waals surface area contributed by atoms with Crippen molar-refractivity contribution in [3.05, 3.63) is 88.7 Å². The summed E-state index contributed by atoms with van der Waals surface area (Å²) in [5.41, 5.74) is 2.94. The number of aromatic nitrogens is 1. The van der Waals surface area contributed by atoms with Crippen molar-refractivity contribution in [2.45, 2.75) is 6.92 Å². The molecule has 2 amide bonds. The molecule has 0 bridgehead atoms. The first-order valence-corrected chi connectivity index (χ1v) is 8.30. The Morgan fingerprint density at radius 2 is 1.69 bits per heavy atom. The summed E-state index contributed by atoms with van der Waals surface area (Å²) in [6, 6.07) is 15.4. The zero-order valence-corrected chi connectivity index (χ0v) is 14.7. The molecule has 0 saturated carbocycles. The van der Waals surface area contributed by atoms with Crippen molar-refractivity contribution in [2.75, 3.05) is 10.6 Å². The van der Waals surface area contributed by atoms with Gasteiger partial charge in [-0.25, -0.2) is 0 Å². The number of hydrogen-bond donors (Lipinski definition) is 2. The molecule has 0 saturated heterocycles. The number of anilines is 2. The number of halogens is 1. The van der Waals surface area contributed by atoms with Gasteiger partial charge in [-0.3, -0.25) is 14.6 Å². The second-order valence-electron chi connectivity index (χ2n) is 5.69. The maximum Gasteiger partial charge on any atom is 0.257 e. The van der Waals surface area contributed by atoms with Crippen LogP contribution in [0.3, 0.4) is 0 Å². The van der Waals surface area contributed by atoms with Crippen LogP contribution in [0.1, 0.15) is 26.3 Å². The van der Waals surface area contributed by atoms with Crippen LogP contribution in [0.2, 0.25) is 5.02 Å². The highest BCUT2D eigenvalue weighted by molar-refractivity contribution is 6.31. The fraction of sp³-hybridized carbons (Fsp3) is 0.0500. The van der Waals surface area contributed by atoms with Crippen molar-refractivity contribution < 1.29 is 9.59 Å². The molecule has 6 heteroatoms. The molecule has 130 valence electrons. The largest absolute Gasteiger partial charge is 0.322 e. The number of aryl methyl sites for hydroxylation is 1. The lowest BCUT2D eigenvalue weighted by Crippen LogP contribution is -2.15. The molecule has 0 aliphatic rings. The third-order valence-electron chi connectivity index (χ3n) is 3.75. The van der Waals surface area contributed by atoms with Gasteiger partial charge in [0.2, 0.25) is 0 Å². The maximum absolute atomic E-state index is 12.5. The highest BCUT2D eigenvalue weighted by atomic mass is 35.5. The minimum Gasteiger partial charge on any atom is -0.322 e. The van der Waals surface area contributed by atoms with E-state index in [4.69, 9.17) is 11.6 Å². The van der Waals surface area contributed by atoms with Crippen molar-refractivity contribution in [3.8, 4) is 0 Å². The number of hydrogen-bond acceptors (Lipinski definition) is 3. The molecule has 0 aliphatic heterocycles. The van der Waals surface area contributed by atoms with Crippen LogP contribution in [0.5, 0.6) is 0 Å². The van der Waals surface area contributed by atoms with E-state index >= 15 is 0 Å². The number of rotatable bonds is 4. The fourth-order valence-corrected chi connectivity index (χ4v) is 2.53. The van der Waals surface area contributed by atoms with Crippen molar-refractivity contribution in [1.29, 1.82) is 0 Å². The summed E-state index contributed by atoms with van der Waals surface area (Å²) in [5, 5.41) is 6.14. The van der Waals surface area contributed by atoms with E-state index in [2.05, 4.69) is 15.6 Å². The molecule has 2 N–H and O–H groups in total. The van der Waals surface area contributed by atoms with Crippen LogP contribution in [0.4, 0.5) is 11.4 Å². The minimum absolute atomic E-state index is 0.284. The minimum atomic E-state index is -0.290. The Labute approximate surface area is 156 Å². The summed E-state index contributed by atoms with van der Waals surface area (Å²) in [4.78, 5) is 28.6. The third kappa shape index (κ3) is 4.26. The molecule has 0 fully saturated rings. The van der Waals surface area contributed by atoms with Crippen molar-refractivity contribution in [2.24, 2.45) is 0 Å². The Balaban J connectivity index is 1.75. The van der Waals surface area contributed by atoms with E-state index in [0.29, 0.717) is 27.5 Å². The molecular weight excluding hydrogens is 350 g/mol. The third-order valence-corrected chi connectivity index (χ3v) is 3.99. The van der Waals surface area contributed by atoms with Gasteiger partial charge in [0, 0.05) is 34.4 Å². The molecule has 5 nitrogen and oxygen atoms in total. The monoisotopic (exact) mass is 365 g/mol. The zero-order chi connectivity index (χ0) is 18.5. The number of carbonyl (C=O) groups is 2. The molecule has 3 aromatic rings. The van der Waals surface area contributed by atoms with Gasteiger partial charge < -0.3 is 10.6 Å². The quantitative estimate of drug-likeness (QED) is 0.712. The smallest absolute Gasteiger partial charge is 0.257 e. The predicted molar refractivity (Wildman–Crippen MR) is 103 cm³/mol. The van der Waals surface area contributed by atoms with Gasteiger partial charge in [-0.05, 0) is 55.0 Å². The first-order valence-electron chi connectivity index (χ1n) is 7.92. The first kappa shape index (κ1) is 17.6. The topological polar surface area (TPSA) is 71.1 Å². The van der Waals surface area contributed by atoms with E-state index in [1.54, 1.807) is 54.7 Å². The van der Waals surface area contributed by atoms with Gasteiger partial charge in [0.05, 0.1) is 5.56 Å². The SMILES string of the molecule is Cc1ccc(Cl)cc1NC(=O)c1cccc(NC(=O)c2cccnc2)c1. The second-order valence-corrected chi connectivity index (χ2v) is 6.13. The molecule has 26 heavy (non-hydrogen) atoms. The molecule has 0 unspecified atom stereocenters. The Kier molecular flexibility index (Phi) is 5.29. The average molecular weight is 366 g/mol. The lowest BCUT2D eigenvalue weighted by molar-refractivity contribution is 0.101. The lowest BCUT2D eigenvalue weighted by atomic mass is 10.1. The van der Waals surface area contributed by atoms with Crippen LogP contribution >= 0.6 is 11.6 Å². The van der Waals surface area contributed by atoms with Crippen molar-refractivity contribution in [3.63, 3.8) is 0 Å². The maximum atomic E-state index is 12.5. The summed E-state index contributed by atoms with van der Waals surface area (Å²) in [7, 11) is 0. The Morgan fingerprint density at radius 3 is 2.46 bits per heavy atom. The van der Waals surface area contributed by atoms with E-state index in [0.717, 1.165) is 5.56 Å². The van der Waals surface area contributed by atoms with Gasteiger partial charge in [-0.1, -0.05) is 23.7 Å². The Morgan fingerprint density at radius 1 is 0.923 bits per heavy atom. The van der Waals surface area contributed by atoms with Crippen LogP contribution in [0.15, 0.2) is 67.0 Å². The number of nitrogens with one attached hydrogen (secondary N) is 2. The number of amides is 2. The van der Waals surface area contributed by atoms with E-state index in [1.165, 1.54) is 6.20 Å². The molecule has 1 aromatic heterocycles. The second kappa shape index (κ2) is 7.80. The van der Waals surface area contributed by atoms with Gasteiger partial charge >= 0.3 is 0 Å². The van der Waals surface area contributed by atoms with E-state index < -0.39 is 0 Å². The predicted octanol–water partition coefficient (Wildman–Crippen LogP) is 4.55. The Bertz CT molecular complexity index is 958. The van der Waals surface area contributed by atoms with Crippen LogP contribution in [0.25, 0.3) is 0 Å². The Hall–Kier alpha value is -3.18. The van der Waals surface area contributed by atoms with Gasteiger partial charge in [-0.2, -0.15) is 0 Å². The van der Waals surface area contributed by atoms with E-state index in [-0.39, 0.29) is 11.8 Å². The van der Waals surface area contributed by atoms with Gasteiger partial charge in [-0.15, -0.1) is 0 Å². The number of benzene rings is 2. The van der Waals surface area contributed by atoms with Crippen LogP contribution in [-0.2, 0) is 0 Å². The number of nitrogens with zero attached hydrogens (tertiary/aromatic N) is 1. The highest BCUT2D eigenvalue weighted by Crippen LogP contribution is 2.21. The summed E-state index contributed by atoms with van der Waals surface area (Å²) in [6.07, 6.45) is 3.08. The highest BCUT2D eigenvalue weighted by Gasteiger charge is 2.11. The zero-order valence-electron chi connectivity index (χ0n) is 14.0. The van der Waals surface area contributed by atoms with Crippen molar-refractivity contribution >= 4 is 34.8 Å². The molecule has 0 aliphatic carbocycles. The normalized spacial score (nSPS) is 10.2. The lowest BCUT2D eigenvalue weighted by Gasteiger charge is -2.10. The standard InChI is InChI=1S/C20H16ClN3O2/c1-13-7-8-16(21)11-18(13)24-19(25)14-4-2-6-17(10-14)23-20(26)15-5-3-9-22-12-15/h2-12H,1H3,(H,23,26)(H,24,25). The number of pyridine rings is 1. The molecule has 2 aromatic carbocycles. The van der Waals surface area contributed by atoms with Crippen LogP contribution in [0, 0.1) is 6.92 Å². The first-order chi connectivity index (χ1) is 12.5.